The Hall–Kier alpha value is -1.71. The van der Waals surface area contributed by atoms with Crippen LogP contribution in [0, 0.1) is 0 Å². The van der Waals surface area contributed by atoms with Crippen LogP contribution in [0.1, 0.15) is 31.2 Å². The predicted molar refractivity (Wildman–Crippen MR) is 77.7 cm³/mol. The van der Waals surface area contributed by atoms with Crippen molar-refractivity contribution in [3.05, 3.63) is 23.8 Å². The minimum absolute atomic E-state index is 0.0421. The maximum absolute atomic E-state index is 12.2. The minimum atomic E-state index is 0.0421. The maximum Gasteiger partial charge on any atom is 0.321 e. The molecule has 0 radical (unpaired) electrons. The van der Waals surface area contributed by atoms with Crippen LogP contribution in [0.25, 0.3) is 0 Å². The van der Waals surface area contributed by atoms with Gasteiger partial charge in [-0.25, -0.2) is 4.79 Å². The second-order valence-electron chi connectivity index (χ2n) is 5.35. The lowest BCUT2D eigenvalue weighted by Crippen LogP contribution is -2.38. The Balaban J connectivity index is 1.74. The van der Waals surface area contributed by atoms with Crippen LogP contribution in [-0.2, 0) is 6.42 Å². The molecule has 2 N–H and O–H groups in total. The summed E-state index contributed by atoms with van der Waals surface area (Å²) in [6.45, 7) is 2.76. The fourth-order valence-electron chi connectivity index (χ4n) is 2.90. The quantitative estimate of drug-likeness (QED) is 0.814. The lowest BCUT2D eigenvalue weighted by atomic mass is 10.0. The van der Waals surface area contributed by atoms with Gasteiger partial charge in [0.15, 0.2) is 0 Å². The highest BCUT2D eigenvalue weighted by Gasteiger charge is 2.19. The molecular formula is C15H21N3O. The lowest BCUT2D eigenvalue weighted by Gasteiger charge is -2.28. The number of nitrogens with one attached hydrogen (secondary N) is 2. The van der Waals surface area contributed by atoms with E-state index < -0.39 is 0 Å². The number of urea groups is 1. The number of carbonyl (C=O) groups is 1. The van der Waals surface area contributed by atoms with Gasteiger partial charge < -0.3 is 15.5 Å². The van der Waals surface area contributed by atoms with Gasteiger partial charge >= 0.3 is 6.03 Å². The Morgan fingerprint density at radius 2 is 2.00 bits per heavy atom. The zero-order chi connectivity index (χ0) is 13.1. The van der Waals surface area contributed by atoms with Crippen LogP contribution < -0.4 is 10.6 Å². The number of anilines is 2. The van der Waals surface area contributed by atoms with Crippen molar-refractivity contribution in [2.24, 2.45) is 0 Å². The van der Waals surface area contributed by atoms with Gasteiger partial charge in [-0.3, -0.25) is 0 Å². The molecular weight excluding hydrogens is 238 g/mol. The van der Waals surface area contributed by atoms with E-state index in [4.69, 9.17) is 0 Å². The Morgan fingerprint density at radius 1 is 1.16 bits per heavy atom. The molecule has 2 amide bonds. The number of fused-ring (bicyclic) bond motifs is 1. The van der Waals surface area contributed by atoms with Crippen molar-refractivity contribution in [3.8, 4) is 0 Å². The van der Waals surface area contributed by atoms with E-state index in [-0.39, 0.29) is 6.03 Å². The SMILES string of the molecule is O=C(Nc1cccc2c1NCCC2)N1CCCCC1. The van der Waals surface area contributed by atoms with Crippen molar-refractivity contribution < 1.29 is 4.79 Å². The summed E-state index contributed by atoms with van der Waals surface area (Å²) in [4.78, 5) is 14.2. The number of hydrogen-bond acceptors (Lipinski definition) is 2. The van der Waals surface area contributed by atoms with Crippen LogP contribution in [-0.4, -0.2) is 30.6 Å². The maximum atomic E-state index is 12.2. The monoisotopic (exact) mass is 259 g/mol. The van der Waals surface area contributed by atoms with Crippen LogP contribution in [0.3, 0.4) is 0 Å². The topological polar surface area (TPSA) is 44.4 Å². The number of piperidine rings is 1. The summed E-state index contributed by atoms with van der Waals surface area (Å²) in [6.07, 6.45) is 5.75. The molecule has 0 saturated carbocycles. The number of likely N-dealkylation sites (tertiary alicyclic amines) is 1. The second kappa shape index (κ2) is 5.51. The second-order valence-corrected chi connectivity index (χ2v) is 5.35. The van der Waals surface area contributed by atoms with Crippen molar-refractivity contribution in [3.63, 3.8) is 0 Å². The van der Waals surface area contributed by atoms with Gasteiger partial charge in [0.1, 0.15) is 0 Å². The van der Waals surface area contributed by atoms with Gasteiger partial charge in [0.25, 0.3) is 0 Å². The average molecular weight is 259 g/mol. The van der Waals surface area contributed by atoms with Crippen molar-refractivity contribution in [1.29, 1.82) is 0 Å². The fourth-order valence-corrected chi connectivity index (χ4v) is 2.90. The Bertz CT molecular complexity index is 466. The van der Waals surface area contributed by atoms with E-state index in [1.807, 2.05) is 17.0 Å². The smallest absolute Gasteiger partial charge is 0.321 e. The molecule has 0 bridgehead atoms. The predicted octanol–water partition coefficient (Wildman–Crippen LogP) is 3.06. The Morgan fingerprint density at radius 3 is 2.84 bits per heavy atom. The first-order valence-electron chi connectivity index (χ1n) is 7.26. The number of para-hydroxylation sites is 1. The molecule has 4 heteroatoms. The molecule has 1 saturated heterocycles. The molecule has 2 heterocycles. The van der Waals surface area contributed by atoms with Gasteiger partial charge in [-0.15, -0.1) is 0 Å². The van der Waals surface area contributed by atoms with E-state index in [2.05, 4.69) is 16.7 Å². The highest BCUT2D eigenvalue weighted by molar-refractivity contribution is 5.94. The zero-order valence-corrected chi connectivity index (χ0v) is 11.2. The van der Waals surface area contributed by atoms with Crippen molar-refractivity contribution in [1.82, 2.24) is 4.90 Å². The molecule has 0 aliphatic carbocycles. The molecule has 0 spiro atoms. The standard InChI is InChI=1S/C15H21N3O/c19-15(18-10-2-1-3-11-18)17-13-8-4-6-12-7-5-9-16-14(12)13/h4,6,8,16H,1-3,5,7,9-11H2,(H,17,19). The highest BCUT2D eigenvalue weighted by Crippen LogP contribution is 2.30. The van der Waals surface area contributed by atoms with Crippen LogP contribution >= 0.6 is 0 Å². The number of carbonyl (C=O) groups excluding carboxylic acids is 1. The van der Waals surface area contributed by atoms with Crippen LogP contribution in [0.5, 0.6) is 0 Å². The minimum Gasteiger partial charge on any atom is -0.383 e. The average Bonchev–Trinajstić information content (AvgIpc) is 2.48. The van der Waals surface area contributed by atoms with Crippen LogP contribution in [0.15, 0.2) is 18.2 Å². The van der Waals surface area contributed by atoms with E-state index >= 15 is 0 Å². The summed E-state index contributed by atoms with van der Waals surface area (Å²) in [5.41, 5.74) is 3.34. The van der Waals surface area contributed by atoms with Gasteiger partial charge in [0, 0.05) is 19.6 Å². The summed E-state index contributed by atoms with van der Waals surface area (Å²) in [5, 5.41) is 6.47. The van der Waals surface area contributed by atoms with E-state index in [0.29, 0.717) is 0 Å². The summed E-state index contributed by atoms with van der Waals surface area (Å²) in [7, 11) is 0. The number of aryl methyl sites for hydroxylation is 1. The van der Waals surface area contributed by atoms with E-state index in [1.165, 1.54) is 12.0 Å². The van der Waals surface area contributed by atoms with E-state index in [0.717, 1.165) is 56.7 Å². The van der Waals surface area contributed by atoms with E-state index in [9.17, 15) is 4.79 Å². The molecule has 3 rings (SSSR count). The summed E-state index contributed by atoms with van der Waals surface area (Å²) < 4.78 is 0. The Labute approximate surface area is 114 Å². The molecule has 2 aliphatic rings. The first-order chi connectivity index (χ1) is 9.34. The van der Waals surface area contributed by atoms with Crippen molar-refractivity contribution >= 4 is 17.4 Å². The zero-order valence-electron chi connectivity index (χ0n) is 11.2. The molecule has 1 aromatic carbocycles. The number of benzene rings is 1. The third-order valence-corrected chi connectivity index (χ3v) is 3.96. The largest absolute Gasteiger partial charge is 0.383 e. The molecule has 0 unspecified atom stereocenters. The number of rotatable bonds is 1. The van der Waals surface area contributed by atoms with Crippen LogP contribution in [0.4, 0.5) is 16.2 Å². The third-order valence-electron chi connectivity index (χ3n) is 3.96. The lowest BCUT2D eigenvalue weighted by molar-refractivity contribution is 0.200. The fraction of sp³-hybridized carbons (Fsp3) is 0.533. The first kappa shape index (κ1) is 12.3. The number of hydrogen-bond donors (Lipinski definition) is 2. The highest BCUT2D eigenvalue weighted by atomic mass is 16.2. The molecule has 0 atom stereocenters. The van der Waals surface area contributed by atoms with Crippen LogP contribution in [0.2, 0.25) is 0 Å². The first-order valence-corrected chi connectivity index (χ1v) is 7.26. The number of nitrogens with zero attached hydrogens (tertiary/aromatic N) is 1. The van der Waals surface area contributed by atoms with Gasteiger partial charge in [-0.05, 0) is 43.7 Å². The summed E-state index contributed by atoms with van der Waals surface area (Å²) >= 11 is 0. The molecule has 4 nitrogen and oxygen atoms in total. The van der Waals surface area contributed by atoms with Gasteiger partial charge in [-0.1, -0.05) is 12.1 Å². The molecule has 0 aromatic heterocycles. The van der Waals surface area contributed by atoms with Crippen molar-refractivity contribution in [2.75, 3.05) is 30.3 Å². The molecule has 19 heavy (non-hydrogen) atoms. The van der Waals surface area contributed by atoms with Crippen molar-refractivity contribution in [2.45, 2.75) is 32.1 Å². The molecule has 1 fully saturated rings. The van der Waals surface area contributed by atoms with Gasteiger partial charge in [0.2, 0.25) is 0 Å². The van der Waals surface area contributed by atoms with E-state index in [1.54, 1.807) is 0 Å². The molecule has 1 aromatic rings. The van der Waals surface area contributed by atoms with Gasteiger partial charge in [0.05, 0.1) is 11.4 Å². The summed E-state index contributed by atoms with van der Waals surface area (Å²) in [6, 6.07) is 6.19. The normalized spacial score (nSPS) is 18.4. The summed E-state index contributed by atoms with van der Waals surface area (Å²) in [5.74, 6) is 0. The molecule has 2 aliphatic heterocycles. The number of amides is 2. The Kier molecular flexibility index (Phi) is 3.58. The van der Waals surface area contributed by atoms with Gasteiger partial charge in [-0.2, -0.15) is 0 Å². The third kappa shape index (κ3) is 2.67. The molecule has 102 valence electrons.